The molecule has 160 valence electrons. The molecule has 0 atom stereocenters. The van der Waals surface area contributed by atoms with Crippen LogP contribution in [-0.2, 0) is 17.8 Å². The zero-order chi connectivity index (χ0) is 20.9. The molecule has 1 aliphatic rings. The highest BCUT2D eigenvalue weighted by Crippen LogP contribution is 2.35. The van der Waals surface area contributed by atoms with Crippen molar-refractivity contribution in [3.05, 3.63) is 41.9 Å². The van der Waals surface area contributed by atoms with Crippen LogP contribution in [0, 0.1) is 0 Å². The quantitative estimate of drug-likeness (QED) is 0.464. The second kappa shape index (κ2) is 9.61. The fraction of sp³-hybridized carbons (Fsp3) is 0.520. The smallest absolute Gasteiger partial charge is 0.139 e. The molecule has 0 bridgehead atoms. The van der Waals surface area contributed by atoms with E-state index >= 15 is 0 Å². The van der Waals surface area contributed by atoms with Crippen LogP contribution in [-0.4, -0.2) is 27.1 Å². The highest BCUT2D eigenvalue weighted by atomic mass is 16.5. The Balaban J connectivity index is 1.69. The lowest BCUT2D eigenvalue weighted by Crippen LogP contribution is -2.22. The Kier molecular flexibility index (Phi) is 6.68. The first kappa shape index (κ1) is 20.9. The number of nitrogens with zero attached hydrogens (tertiary/aromatic N) is 2. The number of anilines is 1. The van der Waals surface area contributed by atoms with Crippen LogP contribution in [0.3, 0.4) is 0 Å². The third-order valence-electron chi connectivity index (χ3n) is 5.87. The summed E-state index contributed by atoms with van der Waals surface area (Å²) in [6.07, 6.45) is 12.7. The molecule has 30 heavy (non-hydrogen) atoms. The van der Waals surface area contributed by atoms with Crippen molar-refractivity contribution in [3.63, 3.8) is 0 Å². The lowest BCUT2D eigenvalue weighted by Gasteiger charge is -2.25. The lowest BCUT2D eigenvalue weighted by atomic mass is 9.94. The number of nitrogens with one attached hydrogen (secondary N) is 2. The van der Waals surface area contributed by atoms with Gasteiger partial charge in [0.1, 0.15) is 5.65 Å². The van der Waals surface area contributed by atoms with E-state index in [0.29, 0.717) is 12.6 Å². The van der Waals surface area contributed by atoms with E-state index in [2.05, 4.69) is 49.3 Å². The van der Waals surface area contributed by atoms with Crippen molar-refractivity contribution in [3.8, 4) is 11.3 Å². The van der Waals surface area contributed by atoms with Crippen molar-refractivity contribution in [2.24, 2.45) is 0 Å². The number of hydrogen-bond acceptors (Lipinski definition) is 4. The third kappa shape index (κ3) is 4.84. The van der Waals surface area contributed by atoms with Crippen LogP contribution >= 0.6 is 0 Å². The molecule has 5 nitrogen and oxygen atoms in total. The summed E-state index contributed by atoms with van der Waals surface area (Å²) < 4.78 is 5.71. The largest absolute Gasteiger partial charge is 0.381 e. The van der Waals surface area contributed by atoms with Gasteiger partial charge in [-0.3, -0.25) is 4.98 Å². The van der Waals surface area contributed by atoms with Crippen LogP contribution < -0.4 is 5.32 Å². The van der Waals surface area contributed by atoms with Gasteiger partial charge in [0, 0.05) is 35.1 Å². The van der Waals surface area contributed by atoms with Gasteiger partial charge >= 0.3 is 0 Å². The van der Waals surface area contributed by atoms with Crippen molar-refractivity contribution in [1.82, 2.24) is 15.0 Å². The molecule has 0 aliphatic heterocycles. The zero-order valence-electron chi connectivity index (χ0n) is 18.5. The Bertz CT molecular complexity index is 955. The number of H-pyrrole nitrogens is 1. The monoisotopic (exact) mass is 406 g/mol. The summed E-state index contributed by atoms with van der Waals surface area (Å²) in [5.74, 6) is 0. The number of fused-ring (bicyclic) bond motifs is 1. The first-order valence-corrected chi connectivity index (χ1v) is 11.5. The highest BCUT2D eigenvalue weighted by Gasteiger charge is 2.19. The normalized spacial score (nSPS) is 15.2. The average molecular weight is 407 g/mol. The Hall–Kier alpha value is -2.40. The van der Waals surface area contributed by atoms with Gasteiger partial charge in [0.2, 0.25) is 0 Å². The molecule has 0 aromatic carbocycles. The highest BCUT2D eigenvalue weighted by molar-refractivity contribution is 5.98. The summed E-state index contributed by atoms with van der Waals surface area (Å²) in [7, 11) is 0. The number of rotatable bonds is 8. The summed E-state index contributed by atoms with van der Waals surface area (Å²) in [5, 5.41) is 5.05. The lowest BCUT2D eigenvalue weighted by molar-refractivity contribution is 0.0655. The Morgan fingerprint density at radius 1 is 1.13 bits per heavy atom. The molecule has 1 fully saturated rings. The molecule has 0 saturated heterocycles. The second-order valence-electron chi connectivity index (χ2n) is 8.74. The van der Waals surface area contributed by atoms with Gasteiger partial charge in [-0.25, -0.2) is 4.98 Å². The van der Waals surface area contributed by atoms with Crippen LogP contribution in [0.5, 0.6) is 0 Å². The van der Waals surface area contributed by atoms with Crippen LogP contribution in [0.25, 0.3) is 22.3 Å². The van der Waals surface area contributed by atoms with Gasteiger partial charge in [-0.15, -0.1) is 0 Å². The van der Waals surface area contributed by atoms with Gasteiger partial charge < -0.3 is 15.0 Å². The van der Waals surface area contributed by atoms with Crippen molar-refractivity contribution in [2.45, 2.75) is 84.5 Å². The van der Waals surface area contributed by atoms with Gasteiger partial charge in [0.15, 0.2) is 0 Å². The van der Waals surface area contributed by atoms with E-state index in [4.69, 9.17) is 14.7 Å². The fourth-order valence-electron chi connectivity index (χ4n) is 4.27. The predicted octanol–water partition coefficient (Wildman–Crippen LogP) is 6.25. The predicted molar refractivity (Wildman–Crippen MR) is 124 cm³/mol. The Labute approximate surface area is 179 Å². The zero-order valence-corrected chi connectivity index (χ0v) is 18.5. The number of aromatic nitrogens is 3. The topological polar surface area (TPSA) is 62.8 Å². The van der Waals surface area contributed by atoms with Crippen molar-refractivity contribution >= 4 is 16.7 Å². The van der Waals surface area contributed by atoms with Crippen LogP contribution in [0.4, 0.5) is 5.69 Å². The van der Waals surface area contributed by atoms with Crippen molar-refractivity contribution in [1.29, 1.82) is 0 Å². The van der Waals surface area contributed by atoms with E-state index in [0.717, 1.165) is 35.3 Å². The van der Waals surface area contributed by atoms with Gasteiger partial charge in [0.25, 0.3) is 0 Å². The van der Waals surface area contributed by atoms with Gasteiger partial charge in [0.05, 0.1) is 24.1 Å². The molecule has 0 amide bonds. The van der Waals surface area contributed by atoms with Gasteiger partial charge in [-0.2, -0.15) is 0 Å². The molecule has 2 N–H and O–H groups in total. The van der Waals surface area contributed by atoms with Crippen molar-refractivity contribution in [2.75, 3.05) is 5.32 Å². The number of ether oxygens (including phenoxy) is 1. The van der Waals surface area contributed by atoms with Crippen molar-refractivity contribution < 1.29 is 4.74 Å². The first-order valence-electron chi connectivity index (χ1n) is 11.5. The molecule has 4 rings (SSSR count). The molecule has 5 heteroatoms. The summed E-state index contributed by atoms with van der Waals surface area (Å²) >= 11 is 0. The number of aryl methyl sites for hydroxylation is 1. The molecule has 0 radical (unpaired) electrons. The number of aromatic amines is 1. The molecule has 3 aromatic heterocycles. The molecule has 0 spiro atoms. The maximum atomic E-state index is 5.71. The van der Waals surface area contributed by atoms with E-state index in [9.17, 15) is 0 Å². The SMILES string of the molecule is CCCc1cc2c(NC3CCCCC3)c(-c3ccc(COC(C)C)cn3)cnc2[nH]1. The first-order chi connectivity index (χ1) is 14.6. The maximum absolute atomic E-state index is 5.71. The van der Waals surface area contributed by atoms with Gasteiger partial charge in [-0.1, -0.05) is 38.7 Å². The molecule has 0 unspecified atom stereocenters. The Morgan fingerprint density at radius 2 is 1.97 bits per heavy atom. The number of pyridine rings is 2. The molecule has 3 aromatic rings. The molecular weight excluding hydrogens is 372 g/mol. The third-order valence-corrected chi connectivity index (χ3v) is 5.87. The van der Waals surface area contributed by atoms with E-state index < -0.39 is 0 Å². The summed E-state index contributed by atoms with van der Waals surface area (Å²) in [6.45, 7) is 6.90. The van der Waals surface area contributed by atoms with Crippen LogP contribution in [0.1, 0.15) is 70.6 Å². The van der Waals surface area contributed by atoms with E-state index in [1.807, 2.05) is 12.4 Å². The van der Waals surface area contributed by atoms with Crippen LogP contribution in [0.15, 0.2) is 30.6 Å². The van der Waals surface area contributed by atoms with E-state index in [1.54, 1.807) is 0 Å². The van der Waals surface area contributed by atoms with E-state index in [-0.39, 0.29) is 6.10 Å². The minimum Gasteiger partial charge on any atom is -0.381 e. The summed E-state index contributed by atoms with van der Waals surface area (Å²) in [5.41, 5.74) is 6.50. The molecule has 3 heterocycles. The Morgan fingerprint density at radius 3 is 2.67 bits per heavy atom. The maximum Gasteiger partial charge on any atom is 0.139 e. The fourth-order valence-corrected chi connectivity index (χ4v) is 4.27. The molecule has 1 aliphatic carbocycles. The summed E-state index contributed by atoms with van der Waals surface area (Å²) in [4.78, 5) is 13.0. The summed E-state index contributed by atoms with van der Waals surface area (Å²) in [6, 6.07) is 6.99. The molecule has 1 saturated carbocycles. The number of hydrogen-bond donors (Lipinski definition) is 2. The van der Waals surface area contributed by atoms with Gasteiger partial charge in [-0.05, 0) is 50.8 Å². The molecular formula is C25H34N4O. The minimum atomic E-state index is 0.216. The average Bonchev–Trinajstić information content (AvgIpc) is 3.17. The second-order valence-corrected chi connectivity index (χ2v) is 8.74. The van der Waals surface area contributed by atoms with E-state index in [1.165, 1.54) is 48.9 Å². The minimum absolute atomic E-state index is 0.216. The van der Waals surface area contributed by atoms with Crippen LogP contribution in [0.2, 0.25) is 0 Å². The standard InChI is InChI=1S/C25H34N4O/c1-4-8-20-13-21-24(28-19-9-6-5-7-10-19)22(15-27-25(21)29-20)23-12-11-18(14-26-23)16-30-17(2)3/h11-15,17,19H,4-10,16H2,1-3H3,(H2,27,28,29).